The van der Waals surface area contributed by atoms with E-state index in [9.17, 15) is 4.79 Å². The number of hydrogen-bond donors (Lipinski definition) is 1. The molecule has 2 aliphatic heterocycles. The van der Waals surface area contributed by atoms with Crippen molar-refractivity contribution in [2.24, 2.45) is 0 Å². The average Bonchev–Trinajstić information content (AvgIpc) is 2.93. The normalized spacial score (nSPS) is 16.3. The predicted octanol–water partition coefficient (Wildman–Crippen LogP) is 4.31. The van der Waals surface area contributed by atoms with Gasteiger partial charge in [0, 0.05) is 25.1 Å². The summed E-state index contributed by atoms with van der Waals surface area (Å²) in [5, 5.41) is 13.3. The van der Waals surface area contributed by atoms with Gasteiger partial charge in [0.2, 0.25) is 0 Å². The molecule has 1 amide bonds. The van der Waals surface area contributed by atoms with Gasteiger partial charge in [-0.2, -0.15) is 5.10 Å². The van der Waals surface area contributed by atoms with Crippen LogP contribution in [0.3, 0.4) is 0 Å². The van der Waals surface area contributed by atoms with E-state index in [1.807, 2.05) is 39.3 Å². The minimum atomic E-state index is -0.502. The third-order valence-electron chi connectivity index (χ3n) is 4.47. The second-order valence-electron chi connectivity index (χ2n) is 7.75. The summed E-state index contributed by atoms with van der Waals surface area (Å²) in [6.45, 7) is 15.6. The number of allylic oxidation sites excluding steroid dienone is 2. The molecule has 3 heterocycles. The van der Waals surface area contributed by atoms with E-state index in [4.69, 9.17) is 10.1 Å². The van der Waals surface area contributed by atoms with Gasteiger partial charge in [-0.15, -0.1) is 0 Å². The second kappa shape index (κ2) is 7.64. The molecular weight excluding hydrogens is 328 g/mol. The highest BCUT2D eigenvalue weighted by Crippen LogP contribution is 2.30. The molecule has 1 aromatic heterocycles. The molecule has 0 radical (unpaired) electrons. The highest BCUT2D eigenvalue weighted by atomic mass is 16.6. The van der Waals surface area contributed by atoms with E-state index in [0.717, 1.165) is 35.5 Å². The molecule has 0 aliphatic carbocycles. The summed E-state index contributed by atoms with van der Waals surface area (Å²) in [7, 11) is 0. The Morgan fingerprint density at radius 3 is 2.38 bits per heavy atom. The van der Waals surface area contributed by atoms with Crippen LogP contribution in [0.4, 0.5) is 4.79 Å². The SMILES string of the molecule is CC.CC(C)=C1CCn2nc3c(c2C1=N)CN(C(=O)OC(C)(C)C)CC3. The van der Waals surface area contributed by atoms with Gasteiger partial charge in [0.25, 0.3) is 0 Å². The molecule has 3 rings (SSSR count). The highest BCUT2D eigenvalue weighted by molar-refractivity contribution is 6.11. The maximum absolute atomic E-state index is 12.4. The second-order valence-corrected chi connectivity index (χ2v) is 7.75. The monoisotopic (exact) mass is 360 g/mol. The first-order valence-corrected chi connectivity index (χ1v) is 9.49. The van der Waals surface area contributed by atoms with Crippen molar-refractivity contribution in [1.82, 2.24) is 14.7 Å². The highest BCUT2D eigenvalue weighted by Gasteiger charge is 2.33. The Kier molecular flexibility index (Phi) is 5.94. The first-order chi connectivity index (χ1) is 12.2. The van der Waals surface area contributed by atoms with E-state index in [1.165, 1.54) is 5.57 Å². The number of rotatable bonds is 0. The lowest BCUT2D eigenvalue weighted by molar-refractivity contribution is 0.0223. The summed E-state index contributed by atoms with van der Waals surface area (Å²) in [5.41, 5.74) is 5.24. The van der Waals surface area contributed by atoms with Crippen LogP contribution in [-0.4, -0.2) is 38.6 Å². The van der Waals surface area contributed by atoms with Crippen LogP contribution >= 0.6 is 0 Å². The zero-order chi connectivity index (χ0) is 19.6. The summed E-state index contributed by atoms with van der Waals surface area (Å²) in [6, 6.07) is 0. The lowest BCUT2D eigenvalue weighted by Gasteiger charge is -2.30. The Morgan fingerprint density at radius 2 is 1.81 bits per heavy atom. The molecule has 26 heavy (non-hydrogen) atoms. The van der Waals surface area contributed by atoms with E-state index in [1.54, 1.807) is 4.90 Å². The number of nitrogens with one attached hydrogen (secondary N) is 1. The Morgan fingerprint density at radius 1 is 1.15 bits per heavy atom. The quantitative estimate of drug-likeness (QED) is 0.749. The molecular formula is C20H32N4O2. The summed E-state index contributed by atoms with van der Waals surface area (Å²) in [6.07, 6.45) is 1.27. The van der Waals surface area contributed by atoms with Crippen LogP contribution < -0.4 is 0 Å². The minimum Gasteiger partial charge on any atom is -0.444 e. The van der Waals surface area contributed by atoms with E-state index >= 15 is 0 Å². The van der Waals surface area contributed by atoms with E-state index < -0.39 is 5.60 Å². The number of hydrogen-bond acceptors (Lipinski definition) is 4. The summed E-state index contributed by atoms with van der Waals surface area (Å²) < 4.78 is 7.44. The van der Waals surface area contributed by atoms with Crippen molar-refractivity contribution in [2.75, 3.05) is 6.54 Å². The number of amides is 1. The lowest BCUT2D eigenvalue weighted by atomic mass is 9.93. The van der Waals surface area contributed by atoms with E-state index in [2.05, 4.69) is 18.9 Å². The van der Waals surface area contributed by atoms with Gasteiger partial charge < -0.3 is 9.64 Å². The van der Waals surface area contributed by atoms with Gasteiger partial charge in [0.1, 0.15) is 5.60 Å². The molecule has 6 heteroatoms. The van der Waals surface area contributed by atoms with Crippen molar-refractivity contribution in [3.05, 3.63) is 28.1 Å². The molecule has 0 fully saturated rings. The molecule has 0 unspecified atom stereocenters. The van der Waals surface area contributed by atoms with Gasteiger partial charge in [-0.1, -0.05) is 19.4 Å². The van der Waals surface area contributed by atoms with Crippen molar-refractivity contribution >= 4 is 11.8 Å². The molecule has 0 saturated carbocycles. The van der Waals surface area contributed by atoms with E-state index in [0.29, 0.717) is 25.2 Å². The first kappa shape index (κ1) is 20.2. The lowest BCUT2D eigenvalue weighted by Crippen LogP contribution is -2.40. The minimum absolute atomic E-state index is 0.294. The predicted molar refractivity (Wildman–Crippen MR) is 104 cm³/mol. The fourth-order valence-electron chi connectivity index (χ4n) is 3.34. The smallest absolute Gasteiger partial charge is 0.410 e. The van der Waals surface area contributed by atoms with Gasteiger partial charge in [0.05, 0.1) is 23.6 Å². The number of aromatic nitrogens is 2. The average molecular weight is 361 g/mol. The van der Waals surface area contributed by atoms with Gasteiger partial charge in [-0.05, 0) is 46.6 Å². The van der Waals surface area contributed by atoms with Crippen molar-refractivity contribution in [1.29, 1.82) is 5.41 Å². The fraction of sp³-hybridized carbons (Fsp3) is 0.650. The van der Waals surface area contributed by atoms with Crippen LogP contribution in [0.25, 0.3) is 0 Å². The van der Waals surface area contributed by atoms with Crippen LogP contribution in [0, 0.1) is 5.41 Å². The number of nitrogens with zero attached hydrogens (tertiary/aromatic N) is 3. The fourth-order valence-corrected chi connectivity index (χ4v) is 3.34. The maximum Gasteiger partial charge on any atom is 0.410 e. The third-order valence-corrected chi connectivity index (χ3v) is 4.47. The van der Waals surface area contributed by atoms with Crippen LogP contribution in [-0.2, 0) is 24.2 Å². The Labute approximate surface area is 156 Å². The molecule has 0 atom stereocenters. The molecule has 6 nitrogen and oxygen atoms in total. The van der Waals surface area contributed by atoms with Crippen molar-refractivity contribution < 1.29 is 9.53 Å². The maximum atomic E-state index is 12.4. The zero-order valence-corrected chi connectivity index (χ0v) is 17.2. The molecule has 2 aliphatic rings. The molecule has 144 valence electrons. The number of carbonyl (C=O) groups excluding carboxylic acids is 1. The topological polar surface area (TPSA) is 71.2 Å². The molecule has 0 saturated heterocycles. The van der Waals surface area contributed by atoms with Crippen LogP contribution in [0.1, 0.15) is 71.8 Å². The van der Waals surface area contributed by atoms with Crippen LogP contribution in [0.5, 0.6) is 0 Å². The Bertz CT molecular complexity index is 734. The first-order valence-electron chi connectivity index (χ1n) is 9.49. The van der Waals surface area contributed by atoms with Gasteiger partial charge in [-0.3, -0.25) is 10.1 Å². The Hall–Kier alpha value is -2.11. The zero-order valence-electron chi connectivity index (χ0n) is 17.2. The number of aryl methyl sites for hydroxylation is 1. The van der Waals surface area contributed by atoms with Crippen LogP contribution in [0.15, 0.2) is 11.1 Å². The molecule has 1 N–H and O–H groups in total. The van der Waals surface area contributed by atoms with Crippen molar-refractivity contribution in [3.63, 3.8) is 0 Å². The number of fused-ring (bicyclic) bond motifs is 3. The number of carbonyl (C=O) groups is 1. The van der Waals surface area contributed by atoms with Gasteiger partial charge >= 0.3 is 6.09 Å². The van der Waals surface area contributed by atoms with Crippen molar-refractivity contribution in [2.45, 2.75) is 80.0 Å². The summed E-state index contributed by atoms with van der Waals surface area (Å²) in [5.74, 6) is 0. The number of ether oxygens (including phenoxy) is 1. The van der Waals surface area contributed by atoms with Gasteiger partial charge in [-0.25, -0.2) is 4.79 Å². The molecule has 0 spiro atoms. The third kappa shape index (κ3) is 4.00. The largest absolute Gasteiger partial charge is 0.444 e. The van der Waals surface area contributed by atoms with Crippen molar-refractivity contribution in [3.8, 4) is 0 Å². The molecule has 0 bridgehead atoms. The van der Waals surface area contributed by atoms with Gasteiger partial charge in [0.15, 0.2) is 0 Å². The summed E-state index contributed by atoms with van der Waals surface area (Å²) in [4.78, 5) is 14.1. The molecule has 1 aromatic rings. The van der Waals surface area contributed by atoms with E-state index in [-0.39, 0.29) is 6.09 Å². The Balaban J connectivity index is 0.00000117. The van der Waals surface area contributed by atoms with Crippen LogP contribution in [0.2, 0.25) is 0 Å². The molecule has 0 aromatic carbocycles. The summed E-state index contributed by atoms with van der Waals surface area (Å²) >= 11 is 0. The standard InChI is InChI=1S/C18H26N4O2.C2H6/c1-11(2)12-6-9-22-16(15(12)19)13-10-21(8-7-14(13)20-22)17(23)24-18(3,4)5;1-2/h19H,6-10H2,1-5H3;1-2H3.